The fraction of sp³-hybridized carbons (Fsp3) is 0.286. The number of benzene rings is 1. The van der Waals surface area contributed by atoms with Crippen molar-refractivity contribution in [3.63, 3.8) is 0 Å². The Morgan fingerprint density at radius 3 is 2.86 bits per heavy atom. The first-order valence-corrected chi connectivity index (χ1v) is 7.95. The maximum absolute atomic E-state index is 12.4. The van der Waals surface area contributed by atoms with Crippen molar-refractivity contribution >= 4 is 39.5 Å². The molecule has 1 N–H and O–H groups in total. The lowest BCUT2D eigenvalue weighted by molar-refractivity contribution is 0.102. The molecule has 0 aliphatic rings. The van der Waals surface area contributed by atoms with Crippen molar-refractivity contribution in [3.05, 3.63) is 39.6 Å². The highest BCUT2D eigenvalue weighted by molar-refractivity contribution is 7.18. The van der Waals surface area contributed by atoms with E-state index in [1.54, 1.807) is 16.6 Å². The molecular formula is C14H14ClN5OS. The number of halogens is 1. The molecule has 2 heterocycles. The molecule has 0 bridgehead atoms. The van der Waals surface area contributed by atoms with E-state index < -0.39 is 0 Å². The number of aromatic nitrogens is 4. The molecule has 3 rings (SSSR count). The van der Waals surface area contributed by atoms with Crippen LogP contribution in [0.2, 0.25) is 5.02 Å². The Labute approximate surface area is 136 Å². The van der Waals surface area contributed by atoms with Gasteiger partial charge in [-0.2, -0.15) is 4.52 Å². The average Bonchev–Trinajstić information content (AvgIpc) is 3.02. The first kappa shape index (κ1) is 14.9. The topological polar surface area (TPSA) is 72.2 Å². The number of aryl methyl sites for hydroxylation is 1. The van der Waals surface area contributed by atoms with Crippen LogP contribution in [0.3, 0.4) is 0 Å². The van der Waals surface area contributed by atoms with Gasteiger partial charge < -0.3 is 5.32 Å². The third-order valence-corrected chi connectivity index (χ3v) is 4.31. The highest BCUT2D eigenvalue weighted by atomic mass is 35.5. The average molecular weight is 336 g/mol. The number of amides is 1. The number of carbonyl (C=O) groups is 1. The molecule has 0 saturated heterocycles. The summed E-state index contributed by atoms with van der Waals surface area (Å²) in [7, 11) is 0. The summed E-state index contributed by atoms with van der Waals surface area (Å²) in [5.41, 5.74) is 1.61. The van der Waals surface area contributed by atoms with Gasteiger partial charge in [0.1, 0.15) is 0 Å². The molecule has 1 aromatic carbocycles. The first-order chi connectivity index (χ1) is 10.5. The molecule has 0 unspecified atom stereocenters. The summed E-state index contributed by atoms with van der Waals surface area (Å²) < 4.78 is 1.62. The first-order valence-electron chi connectivity index (χ1n) is 6.75. The lowest BCUT2D eigenvalue weighted by Gasteiger charge is -2.06. The predicted molar refractivity (Wildman–Crippen MR) is 86.9 cm³/mol. The molecule has 0 aliphatic carbocycles. The number of hydrogen-bond acceptors (Lipinski definition) is 5. The van der Waals surface area contributed by atoms with E-state index in [9.17, 15) is 4.79 Å². The van der Waals surface area contributed by atoms with Crippen molar-refractivity contribution in [1.82, 2.24) is 19.8 Å². The van der Waals surface area contributed by atoms with Crippen LogP contribution in [0, 0.1) is 6.92 Å². The lowest BCUT2D eigenvalue weighted by Crippen LogP contribution is -2.13. The highest BCUT2D eigenvalue weighted by Gasteiger charge is 2.18. The number of nitrogens with zero attached hydrogens (tertiary/aromatic N) is 4. The van der Waals surface area contributed by atoms with Crippen molar-refractivity contribution in [1.29, 1.82) is 0 Å². The van der Waals surface area contributed by atoms with E-state index in [0.29, 0.717) is 20.7 Å². The Morgan fingerprint density at radius 2 is 2.14 bits per heavy atom. The number of carbonyl (C=O) groups excluding carboxylic acids is 1. The van der Waals surface area contributed by atoms with Gasteiger partial charge >= 0.3 is 0 Å². The molecule has 0 spiro atoms. The predicted octanol–water partition coefficient (Wildman–Crippen LogP) is 3.52. The molecule has 114 valence electrons. The summed E-state index contributed by atoms with van der Waals surface area (Å²) in [5, 5.41) is 16.2. The zero-order valence-electron chi connectivity index (χ0n) is 12.3. The normalized spacial score (nSPS) is 11.3. The second-order valence-corrected chi connectivity index (χ2v) is 6.62. The zero-order valence-corrected chi connectivity index (χ0v) is 13.9. The minimum atomic E-state index is -0.282. The third-order valence-electron chi connectivity index (χ3n) is 3.17. The lowest BCUT2D eigenvalue weighted by atomic mass is 10.2. The molecule has 2 aromatic heterocycles. The SMILES string of the molecule is Cc1ccc(Cl)cc1NC(=O)c1nn2c(C(C)C)nnc2s1. The Hall–Kier alpha value is -1.99. The molecule has 8 heteroatoms. The van der Waals surface area contributed by atoms with Crippen LogP contribution in [-0.2, 0) is 0 Å². The fourth-order valence-electron chi connectivity index (χ4n) is 1.99. The Morgan fingerprint density at radius 1 is 1.36 bits per heavy atom. The van der Waals surface area contributed by atoms with Crippen LogP contribution in [0.15, 0.2) is 18.2 Å². The van der Waals surface area contributed by atoms with E-state index in [4.69, 9.17) is 11.6 Å². The van der Waals surface area contributed by atoms with Gasteiger partial charge in [-0.05, 0) is 24.6 Å². The van der Waals surface area contributed by atoms with Gasteiger partial charge in [0, 0.05) is 16.6 Å². The quantitative estimate of drug-likeness (QED) is 0.794. The smallest absolute Gasteiger partial charge is 0.286 e. The molecule has 1 amide bonds. The molecule has 6 nitrogen and oxygen atoms in total. The number of anilines is 1. The molecule has 3 aromatic rings. The summed E-state index contributed by atoms with van der Waals surface area (Å²) in [6.45, 7) is 5.91. The van der Waals surface area contributed by atoms with Crippen LogP contribution in [0.5, 0.6) is 0 Å². The number of fused-ring (bicyclic) bond motifs is 1. The van der Waals surface area contributed by atoms with Gasteiger partial charge in [-0.15, -0.1) is 15.3 Å². The van der Waals surface area contributed by atoms with Gasteiger partial charge in [0.05, 0.1) is 0 Å². The Balaban J connectivity index is 1.90. The van der Waals surface area contributed by atoms with E-state index in [2.05, 4.69) is 20.6 Å². The molecule has 0 radical (unpaired) electrons. The molecule has 22 heavy (non-hydrogen) atoms. The molecule has 0 atom stereocenters. The van der Waals surface area contributed by atoms with Gasteiger partial charge in [-0.25, -0.2) is 0 Å². The number of rotatable bonds is 3. The van der Waals surface area contributed by atoms with Crippen LogP contribution < -0.4 is 5.32 Å². The summed E-state index contributed by atoms with van der Waals surface area (Å²) in [6, 6.07) is 5.35. The zero-order chi connectivity index (χ0) is 15.9. The molecule has 0 aliphatic heterocycles. The van der Waals surface area contributed by atoms with E-state index in [-0.39, 0.29) is 11.8 Å². The van der Waals surface area contributed by atoms with Crippen molar-refractivity contribution in [2.75, 3.05) is 5.32 Å². The maximum atomic E-state index is 12.4. The van der Waals surface area contributed by atoms with Crippen molar-refractivity contribution in [2.24, 2.45) is 0 Å². The van der Waals surface area contributed by atoms with Gasteiger partial charge in [-0.3, -0.25) is 4.79 Å². The monoisotopic (exact) mass is 335 g/mol. The van der Waals surface area contributed by atoms with Gasteiger partial charge in [0.25, 0.3) is 5.91 Å². The van der Waals surface area contributed by atoms with E-state index in [1.807, 2.05) is 26.8 Å². The second-order valence-electron chi connectivity index (χ2n) is 5.23. The Bertz CT molecular complexity index is 854. The summed E-state index contributed by atoms with van der Waals surface area (Å²) in [6.07, 6.45) is 0. The standard InChI is InChI=1S/C14H14ClN5OS/c1-7(2)11-17-18-14-20(11)19-13(22-14)12(21)16-10-6-9(15)5-4-8(10)3/h4-7H,1-3H3,(H,16,21). The second kappa shape index (κ2) is 5.66. The summed E-state index contributed by atoms with van der Waals surface area (Å²) in [5.74, 6) is 0.642. The van der Waals surface area contributed by atoms with Crippen molar-refractivity contribution < 1.29 is 4.79 Å². The van der Waals surface area contributed by atoms with Crippen LogP contribution in [0.25, 0.3) is 4.96 Å². The van der Waals surface area contributed by atoms with Crippen molar-refractivity contribution in [3.8, 4) is 0 Å². The number of nitrogens with one attached hydrogen (secondary N) is 1. The van der Waals surface area contributed by atoms with Gasteiger partial charge in [-0.1, -0.05) is 42.9 Å². The summed E-state index contributed by atoms with van der Waals surface area (Å²) in [4.78, 5) is 13.0. The highest BCUT2D eigenvalue weighted by Crippen LogP contribution is 2.23. The third kappa shape index (κ3) is 2.69. The summed E-state index contributed by atoms with van der Waals surface area (Å²) >= 11 is 7.17. The number of hydrogen-bond donors (Lipinski definition) is 1. The van der Waals surface area contributed by atoms with E-state index in [1.165, 1.54) is 11.3 Å². The van der Waals surface area contributed by atoms with Gasteiger partial charge in [0.2, 0.25) is 9.97 Å². The van der Waals surface area contributed by atoms with E-state index in [0.717, 1.165) is 11.4 Å². The minimum Gasteiger partial charge on any atom is -0.320 e. The largest absolute Gasteiger partial charge is 0.320 e. The fourth-order valence-corrected chi connectivity index (χ4v) is 2.90. The van der Waals surface area contributed by atoms with Crippen LogP contribution in [0.1, 0.15) is 41.0 Å². The Kier molecular flexibility index (Phi) is 3.84. The van der Waals surface area contributed by atoms with Gasteiger partial charge in [0.15, 0.2) is 5.82 Å². The molecular weight excluding hydrogens is 322 g/mol. The van der Waals surface area contributed by atoms with Crippen LogP contribution >= 0.6 is 22.9 Å². The minimum absolute atomic E-state index is 0.184. The molecule has 0 saturated carbocycles. The van der Waals surface area contributed by atoms with Crippen LogP contribution in [-0.4, -0.2) is 25.7 Å². The van der Waals surface area contributed by atoms with Crippen LogP contribution in [0.4, 0.5) is 5.69 Å². The van der Waals surface area contributed by atoms with Crippen molar-refractivity contribution in [2.45, 2.75) is 26.7 Å². The maximum Gasteiger partial charge on any atom is 0.286 e. The molecule has 0 fully saturated rings. The van der Waals surface area contributed by atoms with E-state index >= 15 is 0 Å².